The van der Waals surface area contributed by atoms with Crippen molar-refractivity contribution < 1.29 is 4.79 Å². The molecule has 0 aromatic rings. The van der Waals surface area contributed by atoms with E-state index in [1.54, 1.807) is 0 Å². The summed E-state index contributed by atoms with van der Waals surface area (Å²) in [5.41, 5.74) is 5.74. The number of hydrogen-bond donors (Lipinski definition) is 1. The molecule has 1 amide bonds. The fourth-order valence-electron chi connectivity index (χ4n) is 2.28. The van der Waals surface area contributed by atoms with Crippen LogP contribution in [-0.4, -0.2) is 28.9 Å². The van der Waals surface area contributed by atoms with Crippen molar-refractivity contribution in [3.05, 3.63) is 0 Å². The summed E-state index contributed by atoms with van der Waals surface area (Å²) in [6, 6.07) is -0.238. The van der Waals surface area contributed by atoms with E-state index in [-0.39, 0.29) is 17.5 Å². The Kier molecular flexibility index (Phi) is 1.88. The van der Waals surface area contributed by atoms with Crippen LogP contribution in [0.2, 0.25) is 0 Å². The maximum absolute atomic E-state index is 11.7. The van der Waals surface area contributed by atoms with Crippen LogP contribution in [0.3, 0.4) is 0 Å². The normalized spacial score (nSPS) is 29.9. The first-order valence-electron chi connectivity index (χ1n) is 5.10. The molecule has 1 aliphatic carbocycles. The first kappa shape index (κ1) is 9.00. The largest absolute Gasteiger partial charge is 0.336 e. The summed E-state index contributed by atoms with van der Waals surface area (Å²) in [6.45, 7) is 5.19. The third-order valence-electron chi connectivity index (χ3n) is 3.52. The lowest BCUT2D eigenvalue weighted by molar-refractivity contribution is -0.133. The van der Waals surface area contributed by atoms with Gasteiger partial charge in [-0.1, -0.05) is 0 Å². The highest BCUT2D eigenvalue weighted by molar-refractivity contribution is 5.84. The van der Waals surface area contributed by atoms with Gasteiger partial charge in [0.05, 0.1) is 6.04 Å². The number of likely N-dealkylation sites (tertiary alicyclic amines) is 1. The Labute approximate surface area is 79.3 Å². The SMILES string of the molecule is CC(C)(C1CC1)N1CCC(N)C1=O. The third-order valence-corrected chi connectivity index (χ3v) is 3.52. The van der Waals surface area contributed by atoms with Crippen molar-refractivity contribution in [2.75, 3.05) is 6.54 Å². The van der Waals surface area contributed by atoms with Gasteiger partial charge in [-0.3, -0.25) is 4.79 Å². The topological polar surface area (TPSA) is 46.3 Å². The molecule has 1 heterocycles. The van der Waals surface area contributed by atoms with Crippen LogP contribution in [0.5, 0.6) is 0 Å². The summed E-state index contributed by atoms with van der Waals surface area (Å²) < 4.78 is 0. The zero-order valence-corrected chi connectivity index (χ0v) is 8.42. The average molecular weight is 182 g/mol. The van der Waals surface area contributed by atoms with E-state index in [1.165, 1.54) is 12.8 Å². The minimum Gasteiger partial charge on any atom is -0.336 e. The summed E-state index contributed by atoms with van der Waals surface area (Å²) in [4.78, 5) is 13.7. The van der Waals surface area contributed by atoms with Crippen molar-refractivity contribution in [2.45, 2.75) is 44.7 Å². The molecule has 3 nitrogen and oxygen atoms in total. The van der Waals surface area contributed by atoms with Gasteiger partial charge in [-0.2, -0.15) is 0 Å². The second-order valence-electron chi connectivity index (χ2n) is 4.81. The van der Waals surface area contributed by atoms with Crippen LogP contribution in [0.15, 0.2) is 0 Å². The second kappa shape index (κ2) is 2.71. The van der Waals surface area contributed by atoms with Crippen LogP contribution in [0, 0.1) is 5.92 Å². The van der Waals surface area contributed by atoms with E-state index >= 15 is 0 Å². The van der Waals surface area contributed by atoms with Gasteiger partial charge in [0.1, 0.15) is 0 Å². The van der Waals surface area contributed by atoms with Crippen LogP contribution in [0.4, 0.5) is 0 Å². The molecule has 2 rings (SSSR count). The van der Waals surface area contributed by atoms with Crippen LogP contribution in [0.25, 0.3) is 0 Å². The molecule has 0 aromatic heterocycles. The lowest BCUT2D eigenvalue weighted by Crippen LogP contribution is -2.48. The van der Waals surface area contributed by atoms with E-state index in [0.717, 1.165) is 13.0 Å². The number of nitrogens with zero attached hydrogens (tertiary/aromatic N) is 1. The van der Waals surface area contributed by atoms with Gasteiger partial charge in [-0.25, -0.2) is 0 Å². The number of nitrogens with two attached hydrogens (primary N) is 1. The lowest BCUT2D eigenvalue weighted by atomic mass is 9.96. The summed E-state index contributed by atoms with van der Waals surface area (Å²) in [6.07, 6.45) is 3.37. The standard InChI is InChI=1S/C10H18N2O/c1-10(2,7-3-4-7)12-6-5-8(11)9(12)13/h7-8H,3-6,11H2,1-2H3. The van der Waals surface area contributed by atoms with E-state index in [0.29, 0.717) is 5.92 Å². The highest BCUT2D eigenvalue weighted by atomic mass is 16.2. The van der Waals surface area contributed by atoms with Gasteiger partial charge in [0.25, 0.3) is 0 Å². The van der Waals surface area contributed by atoms with Gasteiger partial charge in [0, 0.05) is 12.1 Å². The number of carbonyl (C=O) groups is 1. The number of rotatable bonds is 2. The van der Waals surface area contributed by atoms with Gasteiger partial charge in [-0.15, -0.1) is 0 Å². The summed E-state index contributed by atoms with van der Waals surface area (Å²) in [5, 5.41) is 0. The molecule has 1 unspecified atom stereocenters. The van der Waals surface area contributed by atoms with E-state index < -0.39 is 0 Å². The molecule has 74 valence electrons. The molecule has 0 bridgehead atoms. The highest BCUT2D eigenvalue weighted by Crippen LogP contribution is 2.43. The first-order chi connectivity index (χ1) is 6.03. The Hall–Kier alpha value is -0.570. The van der Waals surface area contributed by atoms with Gasteiger partial charge >= 0.3 is 0 Å². The van der Waals surface area contributed by atoms with E-state index in [2.05, 4.69) is 13.8 Å². The van der Waals surface area contributed by atoms with Crippen molar-refractivity contribution in [1.29, 1.82) is 0 Å². The lowest BCUT2D eigenvalue weighted by Gasteiger charge is -2.36. The predicted molar refractivity (Wildman–Crippen MR) is 51.1 cm³/mol. The molecule has 3 heteroatoms. The number of hydrogen-bond acceptors (Lipinski definition) is 2. The van der Waals surface area contributed by atoms with E-state index in [4.69, 9.17) is 5.73 Å². The van der Waals surface area contributed by atoms with Gasteiger partial charge in [0.15, 0.2) is 0 Å². The van der Waals surface area contributed by atoms with Crippen LogP contribution >= 0.6 is 0 Å². The quantitative estimate of drug-likeness (QED) is 0.684. The maximum atomic E-state index is 11.7. The van der Waals surface area contributed by atoms with Crippen LogP contribution in [0.1, 0.15) is 33.1 Å². The summed E-state index contributed by atoms with van der Waals surface area (Å²) >= 11 is 0. The summed E-state index contributed by atoms with van der Waals surface area (Å²) in [7, 11) is 0. The fourth-order valence-corrected chi connectivity index (χ4v) is 2.28. The van der Waals surface area contributed by atoms with E-state index in [9.17, 15) is 4.79 Å². The molecule has 1 aliphatic heterocycles. The fraction of sp³-hybridized carbons (Fsp3) is 0.900. The zero-order valence-electron chi connectivity index (χ0n) is 8.42. The molecule has 1 saturated carbocycles. The highest BCUT2D eigenvalue weighted by Gasteiger charge is 2.46. The zero-order chi connectivity index (χ0) is 9.64. The maximum Gasteiger partial charge on any atom is 0.240 e. The Bertz CT molecular complexity index is 233. The van der Waals surface area contributed by atoms with Gasteiger partial charge in [-0.05, 0) is 39.0 Å². The van der Waals surface area contributed by atoms with Crippen molar-refractivity contribution in [3.63, 3.8) is 0 Å². The predicted octanol–water partition coefficient (Wildman–Crippen LogP) is 0.735. The average Bonchev–Trinajstić information content (AvgIpc) is 2.82. The van der Waals surface area contributed by atoms with Crippen LogP contribution < -0.4 is 5.73 Å². The number of carbonyl (C=O) groups excluding carboxylic acids is 1. The van der Waals surface area contributed by atoms with Crippen molar-refractivity contribution in [2.24, 2.45) is 11.7 Å². The molecule has 0 spiro atoms. The first-order valence-corrected chi connectivity index (χ1v) is 5.10. The summed E-state index contributed by atoms with van der Waals surface area (Å²) in [5.74, 6) is 0.860. The van der Waals surface area contributed by atoms with Crippen molar-refractivity contribution in [3.8, 4) is 0 Å². The Morgan fingerprint density at radius 1 is 1.38 bits per heavy atom. The number of amides is 1. The smallest absolute Gasteiger partial charge is 0.240 e. The molecule has 13 heavy (non-hydrogen) atoms. The molecule has 0 aromatic carbocycles. The molecule has 0 radical (unpaired) electrons. The minimum atomic E-state index is -0.238. The van der Waals surface area contributed by atoms with Gasteiger partial charge in [0.2, 0.25) is 5.91 Å². The molecule has 2 aliphatic rings. The van der Waals surface area contributed by atoms with E-state index in [1.807, 2.05) is 4.90 Å². The van der Waals surface area contributed by atoms with Crippen molar-refractivity contribution in [1.82, 2.24) is 4.90 Å². The molecular weight excluding hydrogens is 164 g/mol. The second-order valence-corrected chi connectivity index (χ2v) is 4.81. The molecular formula is C10H18N2O. The Balaban J connectivity index is 2.11. The minimum absolute atomic E-state index is 0.0468. The van der Waals surface area contributed by atoms with Gasteiger partial charge < -0.3 is 10.6 Å². The third kappa shape index (κ3) is 1.35. The van der Waals surface area contributed by atoms with Crippen molar-refractivity contribution >= 4 is 5.91 Å². The molecule has 2 fully saturated rings. The van der Waals surface area contributed by atoms with Crippen LogP contribution in [-0.2, 0) is 4.79 Å². The Morgan fingerprint density at radius 2 is 2.00 bits per heavy atom. The molecule has 1 atom stereocenters. The molecule has 2 N–H and O–H groups in total. The monoisotopic (exact) mass is 182 g/mol. The molecule has 1 saturated heterocycles. The Morgan fingerprint density at radius 3 is 2.38 bits per heavy atom.